The van der Waals surface area contributed by atoms with Gasteiger partial charge in [-0.1, -0.05) is 0 Å². The van der Waals surface area contributed by atoms with Crippen molar-refractivity contribution in [3.05, 3.63) is 11.8 Å². The minimum atomic E-state index is -4.46. The van der Waals surface area contributed by atoms with E-state index < -0.39 is 11.9 Å². The van der Waals surface area contributed by atoms with Crippen LogP contribution in [0, 0.1) is 11.3 Å². The highest BCUT2D eigenvalue weighted by molar-refractivity contribution is 5.18. The number of aryl methyl sites for hydroxylation is 1. The highest BCUT2D eigenvalue weighted by atomic mass is 19.4. The highest BCUT2D eigenvalue weighted by Crippen LogP contribution is 2.30. The Bertz CT molecular complexity index is 363. The van der Waals surface area contributed by atoms with Crippen molar-refractivity contribution in [1.29, 1.82) is 5.26 Å². The fraction of sp³-hybridized carbons (Fsp3) is 0.429. The van der Waals surface area contributed by atoms with Crippen molar-refractivity contribution in [2.45, 2.75) is 6.18 Å². The van der Waals surface area contributed by atoms with E-state index in [1.54, 1.807) is 6.07 Å². The molecule has 1 aromatic heterocycles. The van der Waals surface area contributed by atoms with Crippen LogP contribution in [0.15, 0.2) is 6.07 Å². The molecule has 1 aromatic rings. The molecule has 0 N–H and O–H groups in total. The average molecular weight is 205 g/mol. The lowest BCUT2D eigenvalue weighted by Crippen LogP contribution is -2.11. The largest absolute Gasteiger partial charge is 0.461 e. The van der Waals surface area contributed by atoms with Gasteiger partial charge in [0, 0.05) is 13.1 Å². The SMILES string of the molecule is Cn1nc(OCC#N)cc1C(F)(F)F. The van der Waals surface area contributed by atoms with Gasteiger partial charge in [-0.2, -0.15) is 18.4 Å². The van der Waals surface area contributed by atoms with Gasteiger partial charge < -0.3 is 4.74 Å². The van der Waals surface area contributed by atoms with Gasteiger partial charge >= 0.3 is 6.18 Å². The lowest BCUT2D eigenvalue weighted by Gasteiger charge is -2.04. The van der Waals surface area contributed by atoms with E-state index in [9.17, 15) is 13.2 Å². The molecule has 0 radical (unpaired) electrons. The number of nitriles is 1. The van der Waals surface area contributed by atoms with Crippen molar-refractivity contribution in [3.63, 3.8) is 0 Å². The maximum Gasteiger partial charge on any atom is 0.433 e. The Hall–Kier alpha value is -1.71. The minimum absolute atomic E-state index is 0.207. The van der Waals surface area contributed by atoms with Crippen molar-refractivity contribution in [1.82, 2.24) is 9.78 Å². The smallest absolute Gasteiger partial charge is 0.433 e. The first kappa shape index (κ1) is 10.4. The molecule has 1 rings (SSSR count). The van der Waals surface area contributed by atoms with Gasteiger partial charge in [0.05, 0.1) is 0 Å². The monoisotopic (exact) mass is 205 g/mol. The molecule has 0 saturated carbocycles. The topological polar surface area (TPSA) is 50.8 Å². The summed E-state index contributed by atoms with van der Waals surface area (Å²) >= 11 is 0. The third-order valence-corrected chi connectivity index (χ3v) is 1.43. The zero-order valence-electron chi connectivity index (χ0n) is 7.17. The van der Waals surface area contributed by atoms with Crippen LogP contribution in [0.3, 0.4) is 0 Å². The van der Waals surface area contributed by atoms with Gasteiger partial charge in [0.25, 0.3) is 0 Å². The molecule has 76 valence electrons. The Labute approximate surface area is 77.5 Å². The first-order valence-corrected chi connectivity index (χ1v) is 3.56. The van der Waals surface area contributed by atoms with Crippen LogP contribution in [0.2, 0.25) is 0 Å². The summed E-state index contributed by atoms with van der Waals surface area (Å²) in [5.41, 5.74) is -0.912. The van der Waals surface area contributed by atoms with Crippen LogP contribution in [-0.2, 0) is 13.2 Å². The number of hydrogen-bond acceptors (Lipinski definition) is 3. The lowest BCUT2D eigenvalue weighted by molar-refractivity contribution is -0.143. The van der Waals surface area contributed by atoms with E-state index in [1.165, 1.54) is 0 Å². The van der Waals surface area contributed by atoms with Gasteiger partial charge in [0.2, 0.25) is 5.88 Å². The minimum Gasteiger partial charge on any atom is -0.461 e. The van der Waals surface area contributed by atoms with E-state index in [4.69, 9.17) is 5.26 Å². The maximum absolute atomic E-state index is 12.2. The summed E-state index contributed by atoms with van der Waals surface area (Å²) < 4.78 is 41.9. The number of halogens is 3. The van der Waals surface area contributed by atoms with Crippen LogP contribution in [-0.4, -0.2) is 16.4 Å². The highest BCUT2D eigenvalue weighted by Gasteiger charge is 2.35. The van der Waals surface area contributed by atoms with Crippen molar-refractivity contribution in [2.75, 3.05) is 6.61 Å². The zero-order valence-corrected chi connectivity index (χ0v) is 7.17. The standard InChI is InChI=1S/C7H6F3N3O/c1-13-5(7(8,9)10)4-6(12-13)14-3-2-11/h4H,3H2,1H3. The number of nitrogens with zero attached hydrogens (tertiary/aromatic N) is 3. The quantitative estimate of drug-likeness (QED) is 0.732. The molecular formula is C7H6F3N3O. The Morgan fingerprint density at radius 3 is 2.71 bits per heavy atom. The van der Waals surface area contributed by atoms with Gasteiger partial charge in [0.15, 0.2) is 6.61 Å². The number of rotatable bonds is 2. The molecular weight excluding hydrogens is 199 g/mol. The number of alkyl halides is 3. The first-order chi connectivity index (χ1) is 6.45. The van der Waals surface area contributed by atoms with Crippen molar-refractivity contribution < 1.29 is 17.9 Å². The molecule has 0 saturated heterocycles. The molecule has 4 nitrogen and oxygen atoms in total. The van der Waals surface area contributed by atoms with Crippen LogP contribution >= 0.6 is 0 Å². The number of aromatic nitrogens is 2. The van der Waals surface area contributed by atoms with Crippen LogP contribution in [0.4, 0.5) is 13.2 Å². The molecule has 0 unspecified atom stereocenters. The summed E-state index contributed by atoms with van der Waals surface area (Å²) in [7, 11) is 1.15. The van der Waals surface area contributed by atoms with Crippen LogP contribution in [0.5, 0.6) is 5.88 Å². The van der Waals surface area contributed by atoms with E-state index in [1.807, 2.05) is 0 Å². The fourth-order valence-electron chi connectivity index (χ4n) is 0.883. The van der Waals surface area contributed by atoms with Crippen molar-refractivity contribution in [3.8, 4) is 11.9 Å². The Morgan fingerprint density at radius 2 is 2.29 bits per heavy atom. The van der Waals surface area contributed by atoms with Crippen molar-refractivity contribution >= 4 is 0 Å². The van der Waals surface area contributed by atoms with Crippen LogP contribution < -0.4 is 4.74 Å². The van der Waals surface area contributed by atoms with Gasteiger partial charge in [0.1, 0.15) is 11.8 Å². The predicted molar refractivity (Wildman–Crippen MR) is 39.3 cm³/mol. The average Bonchev–Trinajstić information content (AvgIpc) is 2.42. The molecule has 1 heterocycles. The molecule has 0 aliphatic carbocycles. The Morgan fingerprint density at radius 1 is 1.64 bits per heavy atom. The van der Waals surface area contributed by atoms with Gasteiger partial charge in [-0.3, -0.25) is 4.68 Å². The molecule has 0 atom stereocenters. The van der Waals surface area contributed by atoms with Gasteiger partial charge in [-0.15, -0.1) is 5.10 Å². The summed E-state index contributed by atoms with van der Waals surface area (Å²) in [6.45, 7) is -0.325. The van der Waals surface area contributed by atoms with E-state index in [2.05, 4.69) is 9.84 Å². The zero-order chi connectivity index (χ0) is 10.8. The summed E-state index contributed by atoms with van der Waals surface area (Å²) in [6, 6.07) is 2.38. The number of ether oxygens (including phenoxy) is 1. The lowest BCUT2D eigenvalue weighted by atomic mass is 10.4. The molecule has 0 bridgehead atoms. The van der Waals surface area contributed by atoms with Crippen LogP contribution in [0.1, 0.15) is 5.69 Å². The van der Waals surface area contributed by atoms with E-state index in [0.29, 0.717) is 4.68 Å². The number of hydrogen-bond donors (Lipinski definition) is 0. The normalized spacial score (nSPS) is 11.1. The summed E-state index contributed by atoms with van der Waals surface area (Å²) in [6.07, 6.45) is -4.46. The Balaban J connectivity index is 2.89. The second-order valence-electron chi connectivity index (χ2n) is 2.44. The fourth-order valence-corrected chi connectivity index (χ4v) is 0.883. The van der Waals surface area contributed by atoms with Crippen LogP contribution in [0.25, 0.3) is 0 Å². The van der Waals surface area contributed by atoms with E-state index in [-0.39, 0.29) is 12.5 Å². The molecule has 0 aromatic carbocycles. The summed E-state index contributed by atoms with van der Waals surface area (Å²) in [4.78, 5) is 0. The third kappa shape index (κ3) is 2.16. The summed E-state index contributed by atoms with van der Waals surface area (Å²) in [5, 5.41) is 11.6. The Kier molecular flexibility index (Phi) is 2.65. The summed E-state index contributed by atoms with van der Waals surface area (Å²) in [5.74, 6) is -0.207. The second-order valence-corrected chi connectivity index (χ2v) is 2.44. The van der Waals surface area contributed by atoms with Crippen molar-refractivity contribution in [2.24, 2.45) is 7.05 Å². The van der Waals surface area contributed by atoms with E-state index in [0.717, 1.165) is 13.1 Å². The molecule has 0 aliphatic heterocycles. The molecule has 0 aliphatic rings. The maximum atomic E-state index is 12.2. The molecule has 7 heteroatoms. The molecule has 0 fully saturated rings. The second kappa shape index (κ2) is 3.57. The predicted octanol–water partition coefficient (Wildman–Crippen LogP) is 1.34. The molecule has 0 amide bonds. The first-order valence-electron chi connectivity index (χ1n) is 3.56. The van der Waals surface area contributed by atoms with Gasteiger partial charge in [-0.05, 0) is 0 Å². The molecule has 0 spiro atoms. The van der Waals surface area contributed by atoms with E-state index >= 15 is 0 Å². The van der Waals surface area contributed by atoms with Gasteiger partial charge in [-0.25, -0.2) is 0 Å². The third-order valence-electron chi connectivity index (χ3n) is 1.43. The molecule has 14 heavy (non-hydrogen) atoms.